The van der Waals surface area contributed by atoms with E-state index in [1.165, 1.54) is 25.7 Å². The average molecular weight is 367 g/mol. The molecule has 1 fully saturated rings. The molecule has 0 spiro atoms. The molecule has 18 heavy (non-hydrogen) atoms. The van der Waals surface area contributed by atoms with Gasteiger partial charge in [-0.15, -0.1) is 24.0 Å². The first-order valence-corrected chi connectivity index (χ1v) is 6.94. The summed E-state index contributed by atoms with van der Waals surface area (Å²) in [5, 5.41) is 6.92. The molecule has 0 bridgehead atoms. The van der Waals surface area contributed by atoms with Gasteiger partial charge in [0.1, 0.15) is 0 Å². The third-order valence-corrected chi connectivity index (χ3v) is 4.08. The zero-order chi connectivity index (χ0) is 12.9. The van der Waals surface area contributed by atoms with Crippen LogP contribution in [-0.4, -0.2) is 25.6 Å². The van der Waals surface area contributed by atoms with Crippen molar-refractivity contribution in [3.05, 3.63) is 0 Å². The van der Waals surface area contributed by atoms with Crippen molar-refractivity contribution in [1.29, 1.82) is 0 Å². The van der Waals surface area contributed by atoms with Crippen LogP contribution in [0, 0.1) is 11.3 Å². The lowest BCUT2D eigenvalue weighted by Gasteiger charge is -2.27. The van der Waals surface area contributed by atoms with Gasteiger partial charge in [0.15, 0.2) is 5.96 Å². The van der Waals surface area contributed by atoms with Crippen molar-refractivity contribution in [2.45, 2.75) is 59.4 Å². The first kappa shape index (κ1) is 18.0. The van der Waals surface area contributed by atoms with E-state index in [-0.39, 0.29) is 24.0 Å². The Morgan fingerprint density at radius 2 is 1.78 bits per heavy atom. The number of nitrogens with one attached hydrogen (secondary N) is 2. The second-order valence-electron chi connectivity index (χ2n) is 6.12. The number of hydrogen-bond acceptors (Lipinski definition) is 1. The Balaban J connectivity index is 0.00000289. The van der Waals surface area contributed by atoms with Crippen molar-refractivity contribution in [2.75, 3.05) is 13.6 Å². The van der Waals surface area contributed by atoms with Crippen molar-refractivity contribution in [3.63, 3.8) is 0 Å². The molecule has 1 atom stereocenters. The molecule has 0 heterocycles. The Bertz CT molecular complexity index is 258. The summed E-state index contributed by atoms with van der Waals surface area (Å²) in [5.74, 6) is 1.56. The number of halogens is 1. The van der Waals surface area contributed by atoms with Crippen molar-refractivity contribution >= 4 is 29.9 Å². The van der Waals surface area contributed by atoms with Gasteiger partial charge < -0.3 is 10.6 Å². The van der Waals surface area contributed by atoms with Gasteiger partial charge in [0.25, 0.3) is 0 Å². The summed E-state index contributed by atoms with van der Waals surface area (Å²) in [5.41, 5.74) is 0.471. The third kappa shape index (κ3) is 5.76. The van der Waals surface area contributed by atoms with E-state index in [0.717, 1.165) is 12.5 Å². The maximum atomic E-state index is 4.30. The molecule has 0 radical (unpaired) electrons. The summed E-state index contributed by atoms with van der Waals surface area (Å²) in [7, 11) is 1.85. The van der Waals surface area contributed by atoms with E-state index in [1.54, 1.807) is 0 Å². The highest BCUT2D eigenvalue weighted by atomic mass is 127. The van der Waals surface area contributed by atoms with Crippen LogP contribution in [0.4, 0.5) is 0 Å². The maximum absolute atomic E-state index is 4.30. The number of rotatable bonds is 4. The first-order valence-electron chi connectivity index (χ1n) is 6.94. The van der Waals surface area contributed by atoms with Crippen molar-refractivity contribution in [2.24, 2.45) is 16.3 Å². The zero-order valence-electron chi connectivity index (χ0n) is 12.5. The summed E-state index contributed by atoms with van der Waals surface area (Å²) in [6.45, 7) is 10.1. The molecule has 1 rings (SSSR count). The molecule has 0 aromatic rings. The first-order chi connectivity index (χ1) is 7.97. The summed E-state index contributed by atoms with van der Waals surface area (Å²) >= 11 is 0. The zero-order valence-corrected chi connectivity index (χ0v) is 14.9. The Morgan fingerprint density at radius 3 is 2.22 bits per heavy atom. The molecule has 0 aliphatic heterocycles. The van der Waals surface area contributed by atoms with E-state index in [2.05, 4.69) is 43.3 Å². The Hall–Kier alpha value is 0. The fourth-order valence-electron chi connectivity index (χ4n) is 2.28. The van der Waals surface area contributed by atoms with Gasteiger partial charge in [-0.3, -0.25) is 4.99 Å². The molecule has 4 heteroatoms. The minimum atomic E-state index is 0. The molecular formula is C14H30IN3. The van der Waals surface area contributed by atoms with Crippen LogP contribution in [0.1, 0.15) is 53.4 Å². The summed E-state index contributed by atoms with van der Waals surface area (Å²) in [4.78, 5) is 4.30. The normalized spacial score (nSPS) is 20.4. The van der Waals surface area contributed by atoms with Gasteiger partial charge in [-0.05, 0) is 31.1 Å². The van der Waals surface area contributed by atoms with E-state index in [0.29, 0.717) is 17.4 Å². The van der Waals surface area contributed by atoms with Gasteiger partial charge in [-0.25, -0.2) is 0 Å². The highest BCUT2D eigenvalue weighted by Gasteiger charge is 2.28. The molecule has 0 saturated heterocycles. The molecule has 2 N–H and O–H groups in total. The lowest BCUT2D eigenvalue weighted by molar-refractivity contribution is 0.332. The van der Waals surface area contributed by atoms with Crippen LogP contribution in [0.15, 0.2) is 4.99 Å². The highest BCUT2D eigenvalue weighted by molar-refractivity contribution is 14.0. The molecule has 3 nitrogen and oxygen atoms in total. The highest BCUT2D eigenvalue weighted by Crippen LogP contribution is 2.36. The Kier molecular flexibility index (Phi) is 8.23. The summed E-state index contributed by atoms with van der Waals surface area (Å²) < 4.78 is 0. The predicted molar refractivity (Wildman–Crippen MR) is 90.8 cm³/mol. The van der Waals surface area contributed by atoms with Crippen molar-refractivity contribution in [3.8, 4) is 0 Å². The molecule has 0 aromatic heterocycles. The summed E-state index contributed by atoms with van der Waals surface area (Å²) in [6.07, 6.45) is 5.45. The topological polar surface area (TPSA) is 36.4 Å². The smallest absolute Gasteiger partial charge is 0.191 e. The Morgan fingerprint density at radius 1 is 1.22 bits per heavy atom. The van der Waals surface area contributed by atoms with Crippen LogP contribution in [0.2, 0.25) is 0 Å². The number of hydrogen-bond donors (Lipinski definition) is 2. The molecular weight excluding hydrogens is 337 g/mol. The molecule has 108 valence electrons. The summed E-state index contributed by atoms with van der Waals surface area (Å²) in [6, 6.07) is 0.456. The van der Waals surface area contributed by atoms with Crippen LogP contribution < -0.4 is 10.6 Å². The lowest BCUT2D eigenvalue weighted by atomic mass is 9.89. The molecule has 1 aliphatic carbocycles. The molecule has 1 aliphatic rings. The second kappa shape index (κ2) is 8.23. The van der Waals surface area contributed by atoms with Gasteiger partial charge in [0.05, 0.1) is 0 Å². The minimum absolute atomic E-state index is 0. The SMILES string of the molecule is CN=C(NCC1(C)CCCC1)NC(C)C(C)C.I. The van der Waals surface area contributed by atoms with Crippen LogP contribution >= 0.6 is 24.0 Å². The predicted octanol–water partition coefficient (Wildman–Crippen LogP) is 3.39. The van der Waals surface area contributed by atoms with Crippen molar-refractivity contribution in [1.82, 2.24) is 10.6 Å². The largest absolute Gasteiger partial charge is 0.356 e. The van der Waals surface area contributed by atoms with Crippen LogP contribution in [-0.2, 0) is 0 Å². The fraction of sp³-hybridized carbons (Fsp3) is 0.929. The van der Waals surface area contributed by atoms with Gasteiger partial charge in [-0.1, -0.05) is 33.6 Å². The standard InChI is InChI=1S/C14H29N3.HI/c1-11(2)12(3)17-13(15-5)16-10-14(4)8-6-7-9-14;/h11-12H,6-10H2,1-5H3,(H2,15,16,17);1H. The van der Waals surface area contributed by atoms with Gasteiger partial charge in [0, 0.05) is 19.6 Å². The number of aliphatic imine (C=N–C) groups is 1. The van der Waals surface area contributed by atoms with E-state index in [1.807, 2.05) is 7.05 Å². The van der Waals surface area contributed by atoms with Gasteiger partial charge in [-0.2, -0.15) is 0 Å². The third-order valence-electron chi connectivity index (χ3n) is 4.08. The minimum Gasteiger partial charge on any atom is -0.356 e. The van der Waals surface area contributed by atoms with E-state index in [9.17, 15) is 0 Å². The lowest BCUT2D eigenvalue weighted by Crippen LogP contribution is -2.46. The van der Waals surface area contributed by atoms with E-state index in [4.69, 9.17) is 0 Å². The van der Waals surface area contributed by atoms with E-state index < -0.39 is 0 Å². The number of nitrogens with zero attached hydrogens (tertiary/aromatic N) is 1. The van der Waals surface area contributed by atoms with Crippen LogP contribution in [0.3, 0.4) is 0 Å². The quantitative estimate of drug-likeness (QED) is 0.454. The molecule has 0 aromatic carbocycles. The molecule has 1 unspecified atom stereocenters. The van der Waals surface area contributed by atoms with E-state index >= 15 is 0 Å². The fourth-order valence-corrected chi connectivity index (χ4v) is 2.28. The number of guanidine groups is 1. The van der Waals surface area contributed by atoms with Crippen LogP contribution in [0.5, 0.6) is 0 Å². The second-order valence-corrected chi connectivity index (χ2v) is 6.12. The maximum Gasteiger partial charge on any atom is 0.191 e. The van der Waals surface area contributed by atoms with Gasteiger partial charge in [0.2, 0.25) is 0 Å². The molecule has 1 saturated carbocycles. The van der Waals surface area contributed by atoms with Crippen molar-refractivity contribution < 1.29 is 0 Å². The average Bonchev–Trinajstić information content (AvgIpc) is 2.71. The van der Waals surface area contributed by atoms with Gasteiger partial charge >= 0.3 is 0 Å². The van der Waals surface area contributed by atoms with Crippen LogP contribution in [0.25, 0.3) is 0 Å². The molecule has 0 amide bonds. The Labute approximate surface area is 130 Å². The monoisotopic (exact) mass is 367 g/mol.